The van der Waals surface area contributed by atoms with Gasteiger partial charge in [-0.2, -0.15) is 5.09 Å². The van der Waals surface area contributed by atoms with E-state index < -0.39 is 68.6 Å². The van der Waals surface area contributed by atoms with Crippen molar-refractivity contribution in [2.75, 3.05) is 13.3 Å². The number of carbonyl (C=O) groups is 1. The number of benzene rings is 2. The van der Waals surface area contributed by atoms with Gasteiger partial charge in [0, 0.05) is 6.20 Å². The highest BCUT2D eigenvalue weighted by atomic mass is 79.9. The number of nitrogens with zero attached hydrogens (tertiary/aromatic N) is 1. The number of hydrogen-bond donors (Lipinski definition) is 3. The molecule has 1 aromatic heterocycles. The summed E-state index contributed by atoms with van der Waals surface area (Å²) in [5.41, 5.74) is -1.94. The van der Waals surface area contributed by atoms with E-state index in [1.165, 1.54) is 19.1 Å². The van der Waals surface area contributed by atoms with E-state index in [0.717, 1.165) is 18.5 Å². The van der Waals surface area contributed by atoms with Crippen LogP contribution < -0.4 is 20.9 Å². The van der Waals surface area contributed by atoms with Crippen LogP contribution in [0.2, 0.25) is 0 Å². The minimum Gasteiger partial charge on any atom is -0.462 e. The number of ether oxygens (including phenoxy) is 2. The number of alkyl halides is 2. The Morgan fingerprint density at radius 2 is 1.83 bits per heavy atom. The van der Waals surface area contributed by atoms with Crippen LogP contribution in [-0.4, -0.2) is 58.0 Å². The third kappa shape index (κ3) is 8.55. The Kier molecular flexibility index (Phi) is 11.2. The minimum absolute atomic E-state index is 0.0302. The summed E-state index contributed by atoms with van der Waals surface area (Å²) in [5.74, 6) is -4.05. The molecule has 3 N–H and O–H groups in total. The van der Waals surface area contributed by atoms with E-state index >= 15 is 4.39 Å². The molecule has 16 heteroatoms. The monoisotopic (exact) mass is 677 g/mol. The smallest absolute Gasteiger partial charge is 0.459 e. The molecule has 42 heavy (non-hydrogen) atoms. The second-order valence-electron chi connectivity index (χ2n) is 9.54. The number of esters is 1. The number of aliphatic hydroxyl groups is 1. The summed E-state index contributed by atoms with van der Waals surface area (Å²) in [6, 6.07) is 10.6. The van der Waals surface area contributed by atoms with Gasteiger partial charge in [0.25, 0.3) is 11.4 Å². The maximum absolute atomic E-state index is 16.0. The first-order valence-corrected chi connectivity index (χ1v) is 15.0. The number of nitrogens with one attached hydrogen (secondary N) is 2. The number of aliphatic hydroxyl groups excluding tert-OH is 1. The van der Waals surface area contributed by atoms with Gasteiger partial charge in [0.2, 0.25) is 0 Å². The predicted octanol–water partition coefficient (Wildman–Crippen LogP) is 4.12. The lowest BCUT2D eigenvalue weighted by Crippen LogP contribution is -2.47. The number of carbonyl (C=O) groups excluding carboxylic acids is 1. The molecule has 0 radical (unpaired) electrons. The fourth-order valence-electron chi connectivity index (χ4n) is 3.57. The van der Waals surface area contributed by atoms with Crippen molar-refractivity contribution in [1.82, 2.24) is 14.6 Å². The van der Waals surface area contributed by atoms with Crippen LogP contribution in [0.3, 0.4) is 0 Å². The van der Waals surface area contributed by atoms with E-state index in [1.54, 1.807) is 32.0 Å². The molecule has 0 bridgehead atoms. The standard InChI is InChI=1S/C26H31BrF2N3O9P/c1-15(2)39-24(35)16(3)31-42(37,41-20-10-9-18-7-5-6-8-19(18)11-20)38-14-26(29,17(4)33)40-22(12-28)32-13-21(27)23(34)30-25(32)36/h5-11,13,15-17,22,33H,12,14H2,1-4H3,(H,31,37)(H,30,34,36)/t16?,17-,22+,26+,42?/m0/s1. The van der Waals surface area contributed by atoms with Gasteiger partial charge in [-0.1, -0.05) is 30.3 Å². The van der Waals surface area contributed by atoms with Crippen LogP contribution in [0.5, 0.6) is 5.75 Å². The Bertz CT molecular complexity index is 1570. The SMILES string of the molecule is CC(C)OC(=O)C(C)NP(=O)(OC[C@@](F)(O[C@H](CF)n1cc(Br)c(=O)[nH]c1=O)[C@H](C)O)Oc1ccc2ccccc2c1. The first-order chi connectivity index (χ1) is 19.7. The van der Waals surface area contributed by atoms with Crippen molar-refractivity contribution in [3.8, 4) is 5.75 Å². The Morgan fingerprint density at radius 1 is 1.17 bits per heavy atom. The zero-order chi connectivity index (χ0) is 31.2. The molecular formula is C26H31BrF2N3O9P. The summed E-state index contributed by atoms with van der Waals surface area (Å²) in [7, 11) is -4.66. The molecule has 0 saturated heterocycles. The molecular weight excluding hydrogens is 647 g/mol. The van der Waals surface area contributed by atoms with Gasteiger partial charge < -0.3 is 19.1 Å². The molecule has 0 aliphatic rings. The van der Waals surface area contributed by atoms with E-state index in [1.807, 2.05) is 17.1 Å². The van der Waals surface area contributed by atoms with Crippen molar-refractivity contribution >= 4 is 40.4 Å². The molecule has 12 nitrogen and oxygen atoms in total. The van der Waals surface area contributed by atoms with Crippen molar-refractivity contribution in [3.05, 3.63) is 74.0 Å². The van der Waals surface area contributed by atoms with Gasteiger partial charge in [-0.3, -0.25) is 23.7 Å². The van der Waals surface area contributed by atoms with Crippen LogP contribution in [0, 0.1) is 0 Å². The third-order valence-corrected chi connectivity index (χ3v) is 7.95. The van der Waals surface area contributed by atoms with E-state index in [4.69, 9.17) is 18.5 Å². The summed E-state index contributed by atoms with van der Waals surface area (Å²) in [6.07, 6.45) is -3.63. The summed E-state index contributed by atoms with van der Waals surface area (Å²) in [6.45, 7) is 2.70. The zero-order valence-electron chi connectivity index (χ0n) is 23.1. The number of fused-ring (bicyclic) bond motifs is 1. The summed E-state index contributed by atoms with van der Waals surface area (Å²) in [4.78, 5) is 38.2. The molecule has 3 rings (SSSR count). The van der Waals surface area contributed by atoms with E-state index in [0.29, 0.717) is 9.95 Å². The molecule has 0 aliphatic carbocycles. The second-order valence-corrected chi connectivity index (χ2v) is 12.1. The first kappa shape index (κ1) is 33.6. The number of rotatable bonds is 14. The average Bonchev–Trinajstić information content (AvgIpc) is 2.92. The Hall–Kier alpha value is -2.94. The van der Waals surface area contributed by atoms with Crippen LogP contribution in [0.1, 0.15) is 33.9 Å². The molecule has 230 valence electrons. The molecule has 0 fully saturated rings. The highest BCUT2D eigenvalue weighted by Crippen LogP contribution is 2.47. The van der Waals surface area contributed by atoms with Crippen molar-refractivity contribution in [2.24, 2.45) is 0 Å². The van der Waals surface area contributed by atoms with Gasteiger partial charge in [0.1, 0.15) is 31.2 Å². The van der Waals surface area contributed by atoms with Crippen molar-refractivity contribution in [3.63, 3.8) is 0 Å². The minimum atomic E-state index is -4.66. The van der Waals surface area contributed by atoms with E-state index in [-0.39, 0.29) is 10.2 Å². The van der Waals surface area contributed by atoms with Crippen molar-refractivity contribution < 1.29 is 41.8 Å². The molecule has 5 atom stereocenters. The molecule has 2 unspecified atom stereocenters. The van der Waals surface area contributed by atoms with Crippen LogP contribution in [0.4, 0.5) is 8.78 Å². The van der Waals surface area contributed by atoms with Gasteiger partial charge in [-0.05, 0) is 66.5 Å². The van der Waals surface area contributed by atoms with E-state index in [9.17, 15) is 28.4 Å². The number of hydrogen-bond acceptors (Lipinski definition) is 9. The van der Waals surface area contributed by atoms with Crippen molar-refractivity contribution in [2.45, 2.75) is 58.0 Å². The lowest BCUT2D eigenvalue weighted by atomic mass is 10.1. The van der Waals surface area contributed by atoms with Crippen LogP contribution >= 0.6 is 23.7 Å². The predicted molar refractivity (Wildman–Crippen MR) is 153 cm³/mol. The number of H-pyrrole nitrogens is 1. The maximum Gasteiger partial charge on any atom is 0.459 e. The number of aromatic amines is 1. The highest BCUT2D eigenvalue weighted by molar-refractivity contribution is 9.10. The van der Waals surface area contributed by atoms with Gasteiger partial charge >= 0.3 is 19.4 Å². The fraction of sp³-hybridized carbons (Fsp3) is 0.423. The van der Waals surface area contributed by atoms with Gasteiger partial charge in [0.05, 0.1) is 10.6 Å². The molecule has 1 heterocycles. The van der Waals surface area contributed by atoms with Gasteiger partial charge in [0.15, 0.2) is 6.23 Å². The molecule has 0 amide bonds. The van der Waals surface area contributed by atoms with E-state index in [2.05, 4.69) is 21.0 Å². The maximum atomic E-state index is 16.0. The zero-order valence-corrected chi connectivity index (χ0v) is 25.6. The average molecular weight is 678 g/mol. The lowest BCUT2D eigenvalue weighted by Gasteiger charge is -2.33. The summed E-state index contributed by atoms with van der Waals surface area (Å²) >= 11 is 2.89. The fourth-order valence-corrected chi connectivity index (χ4v) is 5.38. The molecule has 0 spiro atoms. The highest BCUT2D eigenvalue weighted by Gasteiger charge is 2.44. The van der Waals surface area contributed by atoms with Crippen LogP contribution in [0.25, 0.3) is 10.8 Å². The van der Waals surface area contributed by atoms with Crippen LogP contribution in [-0.2, 0) is 23.4 Å². The quantitative estimate of drug-likeness (QED) is 0.167. The summed E-state index contributed by atoms with van der Waals surface area (Å²) < 4.78 is 65.5. The number of aromatic nitrogens is 2. The normalized spacial score (nSPS) is 16.8. The number of halogens is 3. The Balaban J connectivity index is 1.92. The largest absolute Gasteiger partial charge is 0.462 e. The van der Waals surface area contributed by atoms with Crippen molar-refractivity contribution in [1.29, 1.82) is 0 Å². The van der Waals surface area contributed by atoms with Gasteiger partial charge in [-0.25, -0.2) is 18.1 Å². The van der Waals surface area contributed by atoms with Gasteiger partial charge in [-0.15, -0.1) is 0 Å². The van der Waals surface area contributed by atoms with Crippen LogP contribution in [0.15, 0.2) is 62.7 Å². The Morgan fingerprint density at radius 3 is 2.45 bits per heavy atom. The molecule has 3 aromatic rings. The topological polar surface area (TPSA) is 158 Å². The molecule has 2 aromatic carbocycles. The molecule has 0 aliphatic heterocycles. The second kappa shape index (κ2) is 14.0. The first-order valence-electron chi connectivity index (χ1n) is 12.7. The third-order valence-electron chi connectivity index (χ3n) is 5.76. The lowest BCUT2D eigenvalue weighted by molar-refractivity contribution is -0.261. The summed E-state index contributed by atoms with van der Waals surface area (Å²) in [5, 5.41) is 14.2. The Labute approximate surface area is 247 Å². The molecule has 0 saturated carbocycles.